The van der Waals surface area contributed by atoms with E-state index in [0.29, 0.717) is 17.0 Å². The number of amides is 1. The molecule has 1 aromatic heterocycles. The van der Waals surface area contributed by atoms with E-state index in [9.17, 15) is 9.18 Å². The van der Waals surface area contributed by atoms with Gasteiger partial charge < -0.3 is 5.32 Å². The molecule has 1 heterocycles. The van der Waals surface area contributed by atoms with Crippen molar-refractivity contribution in [2.24, 2.45) is 0 Å². The van der Waals surface area contributed by atoms with Crippen molar-refractivity contribution in [1.29, 1.82) is 0 Å². The third-order valence-corrected chi connectivity index (χ3v) is 4.74. The lowest BCUT2D eigenvalue weighted by molar-refractivity contribution is 0.0956. The number of hydrogen-bond donors (Lipinski definition) is 1. The zero-order valence-corrected chi connectivity index (χ0v) is 14.8. The third-order valence-electron chi connectivity index (χ3n) is 3.67. The number of nitrogens with zero attached hydrogens (tertiary/aromatic N) is 1. The van der Waals surface area contributed by atoms with E-state index in [1.54, 1.807) is 0 Å². The predicted molar refractivity (Wildman–Crippen MR) is 98.0 cm³/mol. The first-order valence-corrected chi connectivity index (χ1v) is 8.55. The number of allylic oxidation sites excluding steroid dienone is 2. The molecule has 0 fully saturated rings. The number of carbonyl (C=O) groups excluding carboxylic acids is 1. The molecule has 1 N–H and O–H groups in total. The summed E-state index contributed by atoms with van der Waals surface area (Å²) in [5.41, 5.74) is 2.95. The number of nitrogens with one attached hydrogen (secondary N) is 1. The number of aryl methyl sites for hydroxylation is 3. The summed E-state index contributed by atoms with van der Waals surface area (Å²) in [4.78, 5) is 17.0. The zero-order valence-electron chi connectivity index (χ0n) is 14.0. The van der Waals surface area contributed by atoms with Crippen LogP contribution in [0.25, 0.3) is 5.57 Å². The van der Waals surface area contributed by atoms with Gasteiger partial charge in [0.05, 0.1) is 10.7 Å². The summed E-state index contributed by atoms with van der Waals surface area (Å²) in [6, 6.07) is 7.57. The molecule has 0 aliphatic heterocycles. The summed E-state index contributed by atoms with van der Waals surface area (Å²) in [5.74, 6) is -0.578. The second-order valence-corrected chi connectivity index (χ2v) is 6.79. The van der Waals surface area contributed by atoms with Crippen LogP contribution < -0.4 is 5.32 Å². The second-order valence-electron chi connectivity index (χ2n) is 5.59. The highest BCUT2D eigenvalue weighted by molar-refractivity contribution is 7.13. The fourth-order valence-corrected chi connectivity index (χ4v) is 3.18. The number of rotatable bonds is 7. The number of aromatic nitrogens is 1. The van der Waals surface area contributed by atoms with Gasteiger partial charge in [0.25, 0.3) is 5.91 Å². The Morgan fingerprint density at radius 1 is 1.25 bits per heavy atom. The van der Waals surface area contributed by atoms with Crippen LogP contribution in [0.15, 0.2) is 43.3 Å². The lowest BCUT2D eigenvalue weighted by Crippen LogP contribution is -2.24. The van der Waals surface area contributed by atoms with E-state index in [4.69, 9.17) is 0 Å². The number of benzene rings is 1. The van der Waals surface area contributed by atoms with Crippen LogP contribution in [0.1, 0.15) is 37.9 Å². The van der Waals surface area contributed by atoms with Crippen LogP contribution in [0.5, 0.6) is 0 Å². The molecule has 1 aromatic carbocycles. The summed E-state index contributed by atoms with van der Waals surface area (Å²) in [6.07, 6.45) is 1.67. The van der Waals surface area contributed by atoms with Crippen LogP contribution >= 0.6 is 11.3 Å². The van der Waals surface area contributed by atoms with E-state index >= 15 is 0 Å². The first-order chi connectivity index (χ1) is 11.4. The van der Waals surface area contributed by atoms with Gasteiger partial charge in [-0.15, -0.1) is 11.3 Å². The summed E-state index contributed by atoms with van der Waals surface area (Å²) in [5, 5.41) is 3.82. The van der Waals surface area contributed by atoms with Gasteiger partial charge in [-0.3, -0.25) is 4.79 Å². The van der Waals surface area contributed by atoms with E-state index in [0.717, 1.165) is 34.7 Å². The first-order valence-electron chi connectivity index (χ1n) is 7.73. The SMILES string of the molecule is C=C(F)C(=C)c1ccc(CCCNC(=O)c2sc(C)nc2C)cc1. The maximum absolute atomic E-state index is 13.0. The van der Waals surface area contributed by atoms with Crippen LogP contribution in [-0.4, -0.2) is 17.4 Å². The maximum Gasteiger partial charge on any atom is 0.263 e. The lowest BCUT2D eigenvalue weighted by Gasteiger charge is -2.06. The molecule has 0 aliphatic rings. The molecule has 0 saturated carbocycles. The Hall–Kier alpha value is -2.27. The number of halogens is 1. The molecular weight excluding hydrogens is 323 g/mol. The van der Waals surface area contributed by atoms with Crippen LogP contribution in [0.3, 0.4) is 0 Å². The monoisotopic (exact) mass is 344 g/mol. The van der Waals surface area contributed by atoms with Gasteiger partial charge in [0.2, 0.25) is 0 Å². The summed E-state index contributed by atoms with van der Waals surface area (Å²) in [6.45, 7) is 11.3. The quantitative estimate of drug-likeness (QED) is 0.588. The minimum absolute atomic E-state index is 0.0637. The van der Waals surface area contributed by atoms with Crippen LogP contribution in [0, 0.1) is 13.8 Å². The zero-order chi connectivity index (χ0) is 17.7. The van der Waals surface area contributed by atoms with Gasteiger partial charge >= 0.3 is 0 Å². The van der Waals surface area contributed by atoms with E-state index in [-0.39, 0.29) is 5.91 Å². The molecule has 1 amide bonds. The molecule has 0 radical (unpaired) electrons. The minimum atomic E-state index is -0.515. The Morgan fingerprint density at radius 3 is 2.46 bits per heavy atom. The van der Waals surface area contributed by atoms with Gasteiger partial charge in [-0.05, 0) is 37.8 Å². The molecule has 0 bridgehead atoms. The van der Waals surface area contributed by atoms with E-state index < -0.39 is 5.83 Å². The van der Waals surface area contributed by atoms with Gasteiger partial charge in [0.1, 0.15) is 10.7 Å². The Labute approximate surface area is 145 Å². The molecule has 24 heavy (non-hydrogen) atoms. The lowest BCUT2D eigenvalue weighted by atomic mass is 10.0. The molecule has 0 unspecified atom stereocenters. The fourth-order valence-electron chi connectivity index (χ4n) is 2.35. The molecule has 0 spiro atoms. The normalized spacial score (nSPS) is 10.5. The highest BCUT2D eigenvalue weighted by atomic mass is 32.1. The Bertz CT molecular complexity index is 762. The highest BCUT2D eigenvalue weighted by Crippen LogP contribution is 2.21. The van der Waals surface area contributed by atoms with Crippen LogP contribution in [0.2, 0.25) is 0 Å². The predicted octanol–water partition coefficient (Wildman–Crippen LogP) is 4.62. The molecule has 0 aliphatic carbocycles. The molecular formula is C19H21FN2OS. The van der Waals surface area contributed by atoms with Gasteiger partial charge in [0, 0.05) is 12.1 Å². The standard InChI is InChI=1S/C19H21FN2OS/c1-12(13(2)20)17-9-7-16(8-10-17)6-5-11-21-19(23)18-14(3)22-15(4)24-18/h7-10H,1-2,5-6,11H2,3-4H3,(H,21,23). The third kappa shape index (κ3) is 4.61. The van der Waals surface area contributed by atoms with Crippen molar-refractivity contribution in [2.45, 2.75) is 26.7 Å². The van der Waals surface area contributed by atoms with Crippen molar-refractivity contribution in [1.82, 2.24) is 10.3 Å². The van der Waals surface area contributed by atoms with Crippen molar-refractivity contribution < 1.29 is 9.18 Å². The van der Waals surface area contributed by atoms with Crippen molar-refractivity contribution in [3.05, 3.63) is 70.0 Å². The van der Waals surface area contributed by atoms with Crippen LogP contribution in [-0.2, 0) is 6.42 Å². The number of hydrogen-bond acceptors (Lipinski definition) is 3. The van der Waals surface area contributed by atoms with Gasteiger partial charge in [-0.25, -0.2) is 9.37 Å². The molecule has 126 valence electrons. The molecule has 2 aromatic rings. The van der Waals surface area contributed by atoms with Gasteiger partial charge in [0.15, 0.2) is 0 Å². The Balaban J connectivity index is 1.80. The maximum atomic E-state index is 13.0. The number of carbonyl (C=O) groups is 1. The van der Waals surface area contributed by atoms with E-state index in [2.05, 4.69) is 23.5 Å². The van der Waals surface area contributed by atoms with Crippen molar-refractivity contribution >= 4 is 22.8 Å². The number of thiazole rings is 1. The van der Waals surface area contributed by atoms with E-state index in [1.807, 2.05) is 38.1 Å². The molecule has 5 heteroatoms. The first kappa shape index (κ1) is 18.1. The van der Waals surface area contributed by atoms with Crippen LogP contribution in [0.4, 0.5) is 4.39 Å². The molecule has 0 saturated heterocycles. The van der Waals surface area contributed by atoms with Gasteiger partial charge in [-0.2, -0.15) is 0 Å². The topological polar surface area (TPSA) is 42.0 Å². The minimum Gasteiger partial charge on any atom is -0.351 e. The fraction of sp³-hybridized carbons (Fsp3) is 0.263. The second kappa shape index (κ2) is 8.02. The van der Waals surface area contributed by atoms with Crippen molar-refractivity contribution in [2.75, 3.05) is 6.54 Å². The molecule has 2 rings (SSSR count). The van der Waals surface area contributed by atoms with Crippen molar-refractivity contribution in [3.8, 4) is 0 Å². The van der Waals surface area contributed by atoms with Crippen molar-refractivity contribution in [3.63, 3.8) is 0 Å². The van der Waals surface area contributed by atoms with E-state index in [1.165, 1.54) is 11.3 Å². The summed E-state index contributed by atoms with van der Waals surface area (Å²) >= 11 is 1.41. The summed E-state index contributed by atoms with van der Waals surface area (Å²) < 4.78 is 13.0. The summed E-state index contributed by atoms with van der Waals surface area (Å²) in [7, 11) is 0. The Kier molecular flexibility index (Phi) is 6.04. The van der Waals surface area contributed by atoms with Gasteiger partial charge in [-0.1, -0.05) is 37.4 Å². The molecule has 0 atom stereocenters. The highest BCUT2D eigenvalue weighted by Gasteiger charge is 2.12. The average molecular weight is 344 g/mol. The Morgan fingerprint density at radius 2 is 1.92 bits per heavy atom. The molecule has 3 nitrogen and oxygen atoms in total. The largest absolute Gasteiger partial charge is 0.351 e. The smallest absolute Gasteiger partial charge is 0.263 e. The average Bonchev–Trinajstić information content (AvgIpc) is 2.89.